The molecular formula is C20H11Cl2N5O5. The number of nitrogens with one attached hydrogen (secondary N) is 1. The molecule has 3 heterocycles. The van der Waals surface area contributed by atoms with Crippen molar-refractivity contribution < 1.29 is 9.15 Å². The van der Waals surface area contributed by atoms with E-state index in [0.717, 1.165) is 4.68 Å². The van der Waals surface area contributed by atoms with Crippen LogP contribution in [0.5, 0.6) is 11.5 Å². The molecule has 0 bridgehead atoms. The molecule has 1 aromatic carbocycles. The van der Waals surface area contributed by atoms with E-state index < -0.39 is 16.9 Å². The molecule has 0 amide bonds. The lowest BCUT2D eigenvalue weighted by Gasteiger charge is -2.13. The predicted octanol–water partition coefficient (Wildman–Crippen LogP) is 2.69. The van der Waals surface area contributed by atoms with E-state index >= 15 is 0 Å². The van der Waals surface area contributed by atoms with Crippen LogP contribution >= 0.6 is 23.2 Å². The van der Waals surface area contributed by atoms with Gasteiger partial charge < -0.3 is 13.7 Å². The van der Waals surface area contributed by atoms with Gasteiger partial charge in [0.1, 0.15) is 17.6 Å². The van der Waals surface area contributed by atoms with Crippen LogP contribution in [0.2, 0.25) is 10.0 Å². The molecule has 0 spiro atoms. The molecule has 4 rings (SSSR count). The Labute approximate surface area is 188 Å². The summed E-state index contributed by atoms with van der Waals surface area (Å²) in [4.78, 5) is 37.7. The predicted molar refractivity (Wildman–Crippen MR) is 114 cm³/mol. The SMILES string of the molecule is N#Cc1nn(-c2cc(Cl)c(Oc3ccc(=O)n(Cc4ccco4)c3)c(Cl)c2)c(=O)[nH]c1=O. The highest BCUT2D eigenvalue weighted by atomic mass is 35.5. The molecule has 3 aromatic heterocycles. The molecular weight excluding hydrogens is 461 g/mol. The summed E-state index contributed by atoms with van der Waals surface area (Å²) in [5.74, 6) is 0.928. The van der Waals surface area contributed by atoms with Crippen molar-refractivity contribution >= 4 is 23.2 Å². The molecule has 0 aliphatic heterocycles. The van der Waals surface area contributed by atoms with Gasteiger partial charge in [0.25, 0.3) is 11.1 Å². The van der Waals surface area contributed by atoms with Crippen molar-refractivity contribution in [2.75, 3.05) is 0 Å². The average molecular weight is 472 g/mol. The molecule has 12 heteroatoms. The summed E-state index contributed by atoms with van der Waals surface area (Å²) in [7, 11) is 0. The van der Waals surface area contributed by atoms with Crippen molar-refractivity contribution in [3.8, 4) is 23.3 Å². The largest absolute Gasteiger partial charge is 0.467 e. The summed E-state index contributed by atoms with van der Waals surface area (Å²) in [5.41, 5.74) is -2.45. The van der Waals surface area contributed by atoms with Gasteiger partial charge in [-0.05, 0) is 30.3 Å². The zero-order valence-corrected chi connectivity index (χ0v) is 17.4. The lowest BCUT2D eigenvalue weighted by atomic mass is 10.3. The Bertz CT molecular complexity index is 1510. The van der Waals surface area contributed by atoms with E-state index in [1.165, 1.54) is 41.3 Å². The minimum Gasteiger partial charge on any atom is -0.467 e. The van der Waals surface area contributed by atoms with E-state index in [1.54, 1.807) is 18.2 Å². The van der Waals surface area contributed by atoms with Crippen LogP contribution in [-0.4, -0.2) is 19.3 Å². The summed E-state index contributed by atoms with van der Waals surface area (Å²) in [5, 5.41) is 12.7. The fourth-order valence-electron chi connectivity index (χ4n) is 2.80. The quantitative estimate of drug-likeness (QED) is 0.472. The molecule has 0 radical (unpaired) electrons. The third-order valence-corrected chi connectivity index (χ3v) is 4.81. The molecule has 0 aliphatic rings. The topological polar surface area (TPSA) is 136 Å². The fraction of sp³-hybridized carbons (Fsp3) is 0.0500. The Balaban J connectivity index is 1.69. The second-order valence-electron chi connectivity index (χ2n) is 6.38. The van der Waals surface area contributed by atoms with Crippen LogP contribution < -0.4 is 21.5 Å². The summed E-state index contributed by atoms with van der Waals surface area (Å²) < 4.78 is 13.2. The Morgan fingerprint density at radius 3 is 2.56 bits per heavy atom. The Morgan fingerprint density at radius 2 is 1.91 bits per heavy atom. The van der Waals surface area contributed by atoms with Gasteiger partial charge in [-0.1, -0.05) is 23.2 Å². The smallest absolute Gasteiger partial charge is 0.349 e. The number of rotatable bonds is 5. The Kier molecular flexibility index (Phi) is 5.68. The number of hydrogen-bond donors (Lipinski definition) is 1. The van der Waals surface area contributed by atoms with Gasteiger partial charge in [-0.25, -0.2) is 4.79 Å². The first-order valence-electron chi connectivity index (χ1n) is 8.89. The minimum atomic E-state index is -0.907. The Morgan fingerprint density at radius 1 is 1.16 bits per heavy atom. The second kappa shape index (κ2) is 8.58. The molecule has 0 saturated carbocycles. The van der Waals surface area contributed by atoms with Crippen molar-refractivity contribution in [3.05, 3.63) is 102 Å². The van der Waals surface area contributed by atoms with E-state index in [1.807, 2.05) is 4.98 Å². The van der Waals surface area contributed by atoms with Crippen molar-refractivity contribution in [3.63, 3.8) is 0 Å². The molecule has 1 N–H and O–H groups in total. The number of benzene rings is 1. The number of halogens is 2. The van der Waals surface area contributed by atoms with E-state index in [9.17, 15) is 14.4 Å². The van der Waals surface area contributed by atoms with Crippen molar-refractivity contribution in [1.29, 1.82) is 5.26 Å². The number of nitriles is 1. The van der Waals surface area contributed by atoms with Crippen LogP contribution in [-0.2, 0) is 6.54 Å². The molecule has 0 atom stereocenters. The number of aromatic amines is 1. The van der Waals surface area contributed by atoms with Crippen LogP contribution in [0.15, 0.2) is 67.7 Å². The average Bonchev–Trinajstić information content (AvgIpc) is 3.26. The standard InChI is InChI=1S/C20H11Cl2N5O5/c21-14-6-11(27-20(30)24-19(29)16(8-23)25-27)7-15(22)18(14)32-13-3-4-17(28)26(10-13)9-12-2-1-5-31-12/h1-7,10H,9H2,(H,24,29,30). The molecule has 10 nitrogen and oxygen atoms in total. The third kappa shape index (κ3) is 4.20. The summed E-state index contributed by atoms with van der Waals surface area (Å²) in [6.07, 6.45) is 2.97. The van der Waals surface area contributed by atoms with E-state index in [4.69, 9.17) is 37.6 Å². The summed E-state index contributed by atoms with van der Waals surface area (Å²) >= 11 is 12.6. The third-order valence-electron chi connectivity index (χ3n) is 4.24. The molecule has 0 fully saturated rings. The fourth-order valence-corrected chi connectivity index (χ4v) is 3.35. The number of hydrogen-bond acceptors (Lipinski definition) is 7. The molecule has 4 aromatic rings. The Hall–Kier alpha value is -4.07. The van der Waals surface area contributed by atoms with Gasteiger partial charge in [-0.3, -0.25) is 14.6 Å². The van der Waals surface area contributed by atoms with Gasteiger partial charge >= 0.3 is 5.69 Å². The number of ether oxygens (including phenoxy) is 1. The first kappa shape index (κ1) is 21.2. The van der Waals surface area contributed by atoms with Gasteiger partial charge in [0.05, 0.1) is 34.7 Å². The van der Waals surface area contributed by atoms with Crippen molar-refractivity contribution in [2.24, 2.45) is 0 Å². The summed E-state index contributed by atoms with van der Waals surface area (Å²) in [6.45, 7) is 0.200. The normalized spacial score (nSPS) is 10.7. The van der Waals surface area contributed by atoms with E-state index in [-0.39, 0.29) is 39.3 Å². The maximum Gasteiger partial charge on any atom is 0.349 e. The monoisotopic (exact) mass is 471 g/mol. The number of pyridine rings is 1. The maximum absolute atomic E-state index is 12.1. The highest BCUT2D eigenvalue weighted by Gasteiger charge is 2.15. The lowest BCUT2D eigenvalue weighted by Crippen LogP contribution is -2.33. The highest BCUT2D eigenvalue weighted by Crippen LogP contribution is 2.37. The van der Waals surface area contributed by atoms with Gasteiger partial charge in [-0.2, -0.15) is 9.94 Å². The number of nitrogens with zero attached hydrogens (tertiary/aromatic N) is 4. The first-order valence-corrected chi connectivity index (χ1v) is 9.65. The first-order chi connectivity index (χ1) is 15.4. The van der Waals surface area contributed by atoms with Crippen LogP contribution in [0.25, 0.3) is 5.69 Å². The number of H-pyrrole nitrogens is 1. The van der Waals surface area contributed by atoms with Crippen LogP contribution in [0.3, 0.4) is 0 Å². The summed E-state index contributed by atoms with van der Waals surface area (Å²) in [6, 6.07) is 10.5. The van der Waals surface area contributed by atoms with E-state index in [2.05, 4.69) is 5.10 Å². The maximum atomic E-state index is 12.1. The zero-order chi connectivity index (χ0) is 22.8. The van der Waals surface area contributed by atoms with Crippen molar-refractivity contribution in [1.82, 2.24) is 19.3 Å². The van der Waals surface area contributed by atoms with Crippen LogP contribution in [0.4, 0.5) is 0 Å². The van der Waals surface area contributed by atoms with Gasteiger partial charge in [0.15, 0.2) is 5.75 Å². The molecule has 0 unspecified atom stereocenters. The van der Waals surface area contributed by atoms with E-state index in [0.29, 0.717) is 5.76 Å². The number of furan rings is 1. The minimum absolute atomic E-state index is 0.0229. The second-order valence-corrected chi connectivity index (χ2v) is 7.20. The molecule has 0 aliphatic carbocycles. The molecule has 160 valence electrons. The van der Waals surface area contributed by atoms with Crippen molar-refractivity contribution in [2.45, 2.75) is 6.54 Å². The van der Waals surface area contributed by atoms with Gasteiger partial charge in [0, 0.05) is 6.07 Å². The lowest BCUT2D eigenvalue weighted by molar-refractivity contribution is 0.463. The zero-order valence-electron chi connectivity index (χ0n) is 15.9. The van der Waals surface area contributed by atoms with Crippen LogP contribution in [0, 0.1) is 11.3 Å². The molecule has 32 heavy (non-hydrogen) atoms. The highest BCUT2D eigenvalue weighted by molar-refractivity contribution is 6.37. The molecule has 0 saturated heterocycles. The van der Waals surface area contributed by atoms with Gasteiger partial charge in [0.2, 0.25) is 5.69 Å². The van der Waals surface area contributed by atoms with Crippen LogP contribution in [0.1, 0.15) is 11.5 Å². The van der Waals surface area contributed by atoms with Gasteiger partial charge in [-0.15, -0.1) is 5.10 Å². The number of aromatic nitrogens is 4.